The highest BCUT2D eigenvalue weighted by Gasteiger charge is 2.53. The fraction of sp³-hybridized carbons (Fsp3) is 0.708. The molecule has 29 heavy (non-hydrogen) atoms. The molecule has 1 N–H and O–H groups in total. The number of hydrogen-bond acceptors (Lipinski definition) is 4. The lowest BCUT2D eigenvalue weighted by Crippen LogP contribution is -2.52. The average Bonchev–Trinajstić information content (AvgIpc) is 2.96. The van der Waals surface area contributed by atoms with E-state index in [0.717, 1.165) is 51.7 Å². The minimum Gasteiger partial charge on any atom is -0.359 e. The van der Waals surface area contributed by atoms with Gasteiger partial charge in [0, 0.05) is 49.6 Å². The van der Waals surface area contributed by atoms with Crippen molar-refractivity contribution in [3.05, 3.63) is 35.9 Å². The van der Waals surface area contributed by atoms with Crippen LogP contribution in [0.4, 0.5) is 0 Å². The van der Waals surface area contributed by atoms with Crippen LogP contribution in [0.5, 0.6) is 0 Å². The van der Waals surface area contributed by atoms with E-state index in [4.69, 9.17) is 4.99 Å². The molecule has 0 unspecified atom stereocenters. The molecule has 1 aromatic rings. The van der Waals surface area contributed by atoms with Crippen LogP contribution in [0.2, 0.25) is 0 Å². The van der Waals surface area contributed by atoms with Crippen LogP contribution in [0.3, 0.4) is 0 Å². The normalized spacial score (nSPS) is 32.0. The third-order valence-electron chi connectivity index (χ3n) is 7.32. The minimum absolute atomic E-state index is 0.152. The van der Waals surface area contributed by atoms with Gasteiger partial charge in [-0.25, -0.2) is 0 Å². The quantitative estimate of drug-likeness (QED) is 0.781. The first-order chi connectivity index (χ1) is 14.0. The van der Waals surface area contributed by atoms with E-state index in [2.05, 4.69) is 66.2 Å². The van der Waals surface area contributed by atoms with Crippen molar-refractivity contribution < 1.29 is 0 Å². The Kier molecular flexibility index (Phi) is 6.57. The number of benzene rings is 1. The molecule has 1 saturated carbocycles. The van der Waals surface area contributed by atoms with Crippen molar-refractivity contribution in [2.24, 2.45) is 10.9 Å². The summed E-state index contributed by atoms with van der Waals surface area (Å²) in [7, 11) is 0. The summed E-state index contributed by atoms with van der Waals surface area (Å²) in [5.74, 6) is 0.888. The van der Waals surface area contributed by atoms with Gasteiger partial charge in [0.15, 0.2) is 5.17 Å². The van der Waals surface area contributed by atoms with E-state index in [1.807, 2.05) is 11.8 Å². The van der Waals surface area contributed by atoms with E-state index in [9.17, 15) is 0 Å². The number of rotatable bonds is 5. The maximum Gasteiger partial charge on any atom is 0.157 e. The molecule has 160 valence electrons. The summed E-state index contributed by atoms with van der Waals surface area (Å²) >= 11 is 2.04. The van der Waals surface area contributed by atoms with Gasteiger partial charge in [0.2, 0.25) is 0 Å². The molecule has 0 atom stereocenters. The van der Waals surface area contributed by atoms with E-state index in [1.165, 1.54) is 36.4 Å². The predicted molar refractivity (Wildman–Crippen MR) is 126 cm³/mol. The van der Waals surface area contributed by atoms with Gasteiger partial charge >= 0.3 is 0 Å². The SMILES string of the molecule is CC1CCC2(CC1)SC(=NCCN1CCN(Cc3ccccc3)CC1)NC2(C)C. The van der Waals surface area contributed by atoms with Crippen molar-refractivity contribution >= 4 is 16.9 Å². The van der Waals surface area contributed by atoms with Crippen LogP contribution in [-0.2, 0) is 6.54 Å². The summed E-state index contributed by atoms with van der Waals surface area (Å²) in [4.78, 5) is 10.1. The number of nitrogens with zero attached hydrogens (tertiary/aromatic N) is 3. The van der Waals surface area contributed by atoms with Crippen LogP contribution >= 0.6 is 11.8 Å². The number of hydrogen-bond donors (Lipinski definition) is 1. The third-order valence-corrected chi connectivity index (χ3v) is 9.05. The molecule has 2 saturated heterocycles. The zero-order valence-electron chi connectivity index (χ0n) is 18.5. The van der Waals surface area contributed by atoms with E-state index < -0.39 is 0 Å². The second-order valence-electron chi connectivity index (χ2n) is 9.82. The molecule has 0 radical (unpaired) electrons. The Morgan fingerprint density at radius 1 is 1.03 bits per heavy atom. The van der Waals surface area contributed by atoms with Gasteiger partial charge in [-0.15, -0.1) is 0 Å². The predicted octanol–water partition coefficient (Wildman–Crippen LogP) is 4.22. The maximum absolute atomic E-state index is 4.98. The molecule has 0 bridgehead atoms. The summed E-state index contributed by atoms with van der Waals surface area (Å²) in [5.41, 5.74) is 1.57. The second-order valence-corrected chi connectivity index (χ2v) is 11.2. The van der Waals surface area contributed by atoms with Gasteiger partial charge in [-0.1, -0.05) is 49.0 Å². The molecule has 1 aliphatic carbocycles. The first-order valence-electron chi connectivity index (χ1n) is 11.5. The lowest BCUT2D eigenvalue weighted by atomic mass is 9.73. The van der Waals surface area contributed by atoms with Crippen molar-refractivity contribution in [2.45, 2.75) is 63.3 Å². The van der Waals surface area contributed by atoms with Gasteiger partial charge in [0.1, 0.15) is 0 Å². The topological polar surface area (TPSA) is 30.9 Å². The third kappa shape index (κ3) is 5.00. The van der Waals surface area contributed by atoms with Gasteiger partial charge < -0.3 is 5.32 Å². The van der Waals surface area contributed by atoms with E-state index in [-0.39, 0.29) is 5.54 Å². The zero-order chi connectivity index (χ0) is 20.3. The van der Waals surface area contributed by atoms with Crippen molar-refractivity contribution in [3.8, 4) is 0 Å². The molecule has 4 rings (SSSR count). The smallest absolute Gasteiger partial charge is 0.157 e. The Morgan fingerprint density at radius 3 is 2.38 bits per heavy atom. The van der Waals surface area contributed by atoms with E-state index >= 15 is 0 Å². The Balaban J connectivity index is 1.22. The molecule has 3 aliphatic rings. The number of piperazine rings is 1. The first kappa shape index (κ1) is 21.2. The van der Waals surface area contributed by atoms with Crippen LogP contribution in [0.15, 0.2) is 35.3 Å². The summed E-state index contributed by atoms with van der Waals surface area (Å²) in [6.45, 7) is 14.9. The highest BCUT2D eigenvalue weighted by molar-refractivity contribution is 8.15. The Hall–Kier alpha value is -1.04. The molecule has 0 aromatic heterocycles. The molecule has 3 fully saturated rings. The molecular weight excluding hydrogens is 376 g/mol. The van der Waals surface area contributed by atoms with Gasteiger partial charge in [0.05, 0.1) is 6.54 Å². The minimum atomic E-state index is 0.152. The summed E-state index contributed by atoms with van der Waals surface area (Å²) in [6, 6.07) is 10.8. The number of nitrogens with one attached hydrogen (secondary N) is 1. The van der Waals surface area contributed by atoms with Gasteiger partial charge in [-0.05, 0) is 51.0 Å². The van der Waals surface area contributed by atoms with Crippen LogP contribution in [0.1, 0.15) is 52.0 Å². The van der Waals surface area contributed by atoms with Crippen molar-refractivity contribution in [2.75, 3.05) is 39.3 Å². The number of amidine groups is 1. The Labute approximate surface area is 181 Å². The fourth-order valence-electron chi connectivity index (χ4n) is 5.05. The first-order valence-corrected chi connectivity index (χ1v) is 12.3. The maximum atomic E-state index is 4.98. The van der Waals surface area contributed by atoms with Crippen LogP contribution in [0, 0.1) is 5.92 Å². The van der Waals surface area contributed by atoms with Gasteiger partial charge in [-0.2, -0.15) is 0 Å². The molecule has 1 aromatic carbocycles. The van der Waals surface area contributed by atoms with Crippen LogP contribution in [0.25, 0.3) is 0 Å². The second kappa shape index (κ2) is 8.99. The summed E-state index contributed by atoms with van der Waals surface area (Å²) in [6.07, 6.45) is 5.36. The lowest BCUT2D eigenvalue weighted by Gasteiger charge is -2.43. The van der Waals surface area contributed by atoms with Gasteiger partial charge in [0.25, 0.3) is 0 Å². The number of aliphatic imine (C=N–C) groups is 1. The highest BCUT2D eigenvalue weighted by atomic mass is 32.2. The Morgan fingerprint density at radius 2 is 1.69 bits per heavy atom. The summed E-state index contributed by atoms with van der Waals surface area (Å²) in [5, 5.41) is 4.95. The van der Waals surface area contributed by atoms with Crippen molar-refractivity contribution in [3.63, 3.8) is 0 Å². The van der Waals surface area contributed by atoms with Crippen LogP contribution in [-0.4, -0.2) is 64.5 Å². The fourth-order valence-corrected chi connectivity index (χ4v) is 6.63. The average molecular weight is 415 g/mol. The molecule has 5 heteroatoms. The van der Waals surface area contributed by atoms with Gasteiger partial charge in [-0.3, -0.25) is 14.8 Å². The van der Waals surface area contributed by atoms with Crippen LogP contribution < -0.4 is 5.32 Å². The molecular formula is C24H38N4S. The lowest BCUT2D eigenvalue weighted by molar-refractivity contribution is 0.130. The molecule has 2 heterocycles. The Bertz CT molecular complexity index is 686. The molecule has 2 aliphatic heterocycles. The molecule has 1 spiro atoms. The highest BCUT2D eigenvalue weighted by Crippen LogP contribution is 2.52. The number of thioether (sulfide) groups is 1. The van der Waals surface area contributed by atoms with Crippen molar-refractivity contribution in [1.82, 2.24) is 15.1 Å². The molecule has 0 amide bonds. The molecule has 4 nitrogen and oxygen atoms in total. The summed E-state index contributed by atoms with van der Waals surface area (Å²) < 4.78 is 0.349. The van der Waals surface area contributed by atoms with E-state index in [0.29, 0.717) is 4.75 Å². The standard InChI is InChI=1S/C24H38N4S/c1-20-9-11-24(12-10-20)23(2,3)26-22(29-24)25-13-14-27-15-17-28(18-16-27)19-21-7-5-4-6-8-21/h4-8,20H,9-19H2,1-3H3,(H,25,26). The largest absolute Gasteiger partial charge is 0.359 e. The monoisotopic (exact) mass is 414 g/mol. The van der Waals surface area contributed by atoms with Crippen molar-refractivity contribution in [1.29, 1.82) is 0 Å². The zero-order valence-corrected chi connectivity index (χ0v) is 19.3. The van der Waals surface area contributed by atoms with E-state index in [1.54, 1.807) is 0 Å².